The van der Waals surface area contributed by atoms with Crippen molar-refractivity contribution in [2.75, 3.05) is 13.1 Å². The van der Waals surface area contributed by atoms with E-state index in [0.717, 1.165) is 31.7 Å². The number of rotatable bonds is 3. The second-order valence-electron chi connectivity index (χ2n) is 5.40. The van der Waals surface area contributed by atoms with Crippen LogP contribution in [0.2, 0.25) is 0 Å². The number of thiophene rings is 1. The molecular formula is C17H17N3S. The second-order valence-corrected chi connectivity index (χ2v) is 6.43. The average Bonchev–Trinajstić information content (AvgIpc) is 3.17. The van der Waals surface area contributed by atoms with E-state index in [4.69, 9.17) is 0 Å². The number of nitrogens with one attached hydrogen (secondary N) is 1. The number of aromatic nitrogens is 2. The molecule has 106 valence electrons. The van der Waals surface area contributed by atoms with E-state index in [1.807, 2.05) is 23.6 Å². The molecule has 0 aliphatic carbocycles. The number of hydrogen-bond acceptors (Lipinski definition) is 3. The molecule has 3 aromatic heterocycles. The second kappa shape index (κ2) is 5.47. The van der Waals surface area contributed by atoms with Crippen LogP contribution in [0.3, 0.4) is 0 Å². The van der Waals surface area contributed by atoms with Crippen LogP contribution in [-0.4, -0.2) is 28.0 Å². The summed E-state index contributed by atoms with van der Waals surface area (Å²) < 4.78 is 0. The van der Waals surface area contributed by atoms with Gasteiger partial charge in [-0.3, -0.25) is 4.90 Å². The highest BCUT2D eigenvalue weighted by Crippen LogP contribution is 2.28. The number of H-pyrrole nitrogens is 1. The lowest BCUT2D eigenvalue weighted by Gasteiger charge is -2.25. The summed E-state index contributed by atoms with van der Waals surface area (Å²) in [5.74, 6) is 0. The molecule has 0 bridgehead atoms. The zero-order valence-corrected chi connectivity index (χ0v) is 12.6. The van der Waals surface area contributed by atoms with E-state index in [-0.39, 0.29) is 0 Å². The maximum atomic E-state index is 4.37. The third kappa shape index (κ3) is 2.52. The van der Waals surface area contributed by atoms with Gasteiger partial charge in [0, 0.05) is 47.9 Å². The van der Waals surface area contributed by atoms with Crippen LogP contribution in [-0.2, 0) is 6.54 Å². The first-order valence-corrected chi connectivity index (χ1v) is 8.14. The lowest BCUT2D eigenvalue weighted by molar-refractivity contribution is 0.296. The van der Waals surface area contributed by atoms with Crippen LogP contribution in [0.15, 0.2) is 48.1 Å². The summed E-state index contributed by atoms with van der Waals surface area (Å²) in [6.45, 7) is 3.22. The molecule has 0 radical (unpaired) electrons. The number of aromatic amines is 1. The van der Waals surface area contributed by atoms with Gasteiger partial charge in [0.1, 0.15) is 5.65 Å². The largest absolute Gasteiger partial charge is 0.346 e. The number of pyridine rings is 1. The summed E-state index contributed by atoms with van der Waals surface area (Å²) in [6.07, 6.45) is 7.40. The van der Waals surface area contributed by atoms with Crippen LogP contribution in [0.1, 0.15) is 16.9 Å². The van der Waals surface area contributed by atoms with Crippen LogP contribution in [0, 0.1) is 0 Å². The van der Waals surface area contributed by atoms with Crippen LogP contribution < -0.4 is 0 Å². The summed E-state index contributed by atoms with van der Waals surface area (Å²) in [5.41, 5.74) is 3.74. The minimum Gasteiger partial charge on any atom is -0.346 e. The van der Waals surface area contributed by atoms with Gasteiger partial charge in [-0.2, -0.15) is 0 Å². The Labute approximate surface area is 127 Å². The van der Waals surface area contributed by atoms with Gasteiger partial charge in [0.25, 0.3) is 0 Å². The molecule has 3 nitrogen and oxygen atoms in total. The average molecular weight is 295 g/mol. The molecule has 21 heavy (non-hydrogen) atoms. The predicted octanol–water partition coefficient (Wildman–Crippen LogP) is 3.91. The molecule has 0 fully saturated rings. The minimum atomic E-state index is 0.981. The molecule has 1 aliphatic heterocycles. The van der Waals surface area contributed by atoms with E-state index in [0.29, 0.717) is 0 Å². The fourth-order valence-electron chi connectivity index (χ4n) is 2.94. The number of nitrogens with zero attached hydrogens (tertiary/aromatic N) is 2. The third-order valence-corrected chi connectivity index (χ3v) is 4.91. The highest BCUT2D eigenvalue weighted by atomic mass is 32.1. The van der Waals surface area contributed by atoms with Gasteiger partial charge in [0.15, 0.2) is 0 Å². The van der Waals surface area contributed by atoms with Gasteiger partial charge in [-0.15, -0.1) is 11.3 Å². The van der Waals surface area contributed by atoms with Crippen molar-refractivity contribution in [1.29, 1.82) is 0 Å². The Morgan fingerprint density at radius 1 is 1.29 bits per heavy atom. The van der Waals surface area contributed by atoms with E-state index in [2.05, 4.69) is 50.7 Å². The molecule has 4 heteroatoms. The molecule has 4 heterocycles. The van der Waals surface area contributed by atoms with Crippen molar-refractivity contribution < 1.29 is 0 Å². The van der Waals surface area contributed by atoms with E-state index >= 15 is 0 Å². The Hall–Kier alpha value is -1.91. The summed E-state index contributed by atoms with van der Waals surface area (Å²) in [4.78, 5) is 11.6. The minimum absolute atomic E-state index is 0.981. The number of hydrogen-bond donors (Lipinski definition) is 1. The molecular weight excluding hydrogens is 278 g/mol. The first-order valence-electron chi connectivity index (χ1n) is 7.26. The molecule has 3 aromatic rings. The third-order valence-electron chi connectivity index (χ3n) is 4.05. The molecule has 1 aliphatic rings. The van der Waals surface area contributed by atoms with Gasteiger partial charge in [0.05, 0.1) is 0 Å². The van der Waals surface area contributed by atoms with Gasteiger partial charge in [-0.25, -0.2) is 4.98 Å². The summed E-state index contributed by atoms with van der Waals surface area (Å²) >= 11 is 1.84. The monoisotopic (exact) mass is 295 g/mol. The van der Waals surface area contributed by atoms with Crippen molar-refractivity contribution in [3.05, 3.63) is 58.6 Å². The van der Waals surface area contributed by atoms with Crippen molar-refractivity contribution in [2.24, 2.45) is 0 Å². The normalized spacial score (nSPS) is 16.3. The molecule has 0 aromatic carbocycles. The van der Waals surface area contributed by atoms with Crippen molar-refractivity contribution in [3.63, 3.8) is 0 Å². The fraction of sp³-hybridized carbons (Fsp3) is 0.235. The number of fused-ring (bicyclic) bond motifs is 1. The Bertz CT molecular complexity index is 770. The predicted molar refractivity (Wildman–Crippen MR) is 88.3 cm³/mol. The van der Waals surface area contributed by atoms with Crippen LogP contribution >= 0.6 is 11.3 Å². The lowest BCUT2D eigenvalue weighted by Crippen LogP contribution is -2.27. The maximum Gasteiger partial charge on any atom is 0.137 e. The Morgan fingerprint density at radius 3 is 3.10 bits per heavy atom. The molecule has 0 saturated heterocycles. The van der Waals surface area contributed by atoms with Crippen molar-refractivity contribution in [2.45, 2.75) is 13.0 Å². The quantitative estimate of drug-likeness (QED) is 0.794. The summed E-state index contributed by atoms with van der Waals surface area (Å²) in [7, 11) is 0. The molecule has 0 saturated carbocycles. The first-order chi connectivity index (χ1) is 10.4. The van der Waals surface area contributed by atoms with E-state index < -0.39 is 0 Å². The molecule has 0 amide bonds. The molecule has 0 spiro atoms. The van der Waals surface area contributed by atoms with Gasteiger partial charge in [-0.1, -0.05) is 12.1 Å². The van der Waals surface area contributed by atoms with Crippen LogP contribution in [0.4, 0.5) is 0 Å². The zero-order chi connectivity index (χ0) is 14.1. The molecule has 0 unspecified atom stereocenters. The van der Waals surface area contributed by atoms with Crippen LogP contribution in [0.25, 0.3) is 16.6 Å². The first kappa shape index (κ1) is 12.8. The topological polar surface area (TPSA) is 31.9 Å². The van der Waals surface area contributed by atoms with Crippen molar-refractivity contribution >= 4 is 27.9 Å². The summed E-state index contributed by atoms with van der Waals surface area (Å²) in [6, 6.07) is 8.50. The SMILES string of the molecule is C1=C(c2c[nH]c3ncccc23)CCN(Cc2cccs2)C1. The van der Waals surface area contributed by atoms with Gasteiger partial charge < -0.3 is 4.98 Å². The smallest absolute Gasteiger partial charge is 0.137 e. The molecule has 1 N–H and O–H groups in total. The van der Waals surface area contributed by atoms with Crippen molar-refractivity contribution in [1.82, 2.24) is 14.9 Å². The fourth-order valence-corrected chi connectivity index (χ4v) is 3.69. The molecule has 0 atom stereocenters. The Balaban J connectivity index is 1.54. The zero-order valence-electron chi connectivity index (χ0n) is 11.7. The molecule has 4 rings (SSSR count). The standard InChI is InChI=1S/C17H17N3S/c1-4-15-16(11-19-17(15)18-7-1)13-5-8-20(9-6-13)12-14-3-2-10-21-14/h1-5,7,10-11H,6,8-9,12H2,(H,18,19). The van der Waals surface area contributed by atoms with Gasteiger partial charge in [-0.05, 0) is 35.6 Å². The van der Waals surface area contributed by atoms with E-state index in [1.54, 1.807) is 0 Å². The van der Waals surface area contributed by atoms with Gasteiger partial charge >= 0.3 is 0 Å². The Kier molecular flexibility index (Phi) is 3.33. The summed E-state index contributed by atoms with van der Waals surface area (Å²) in [5, 5.41) is 3.38. The van der Waals surface area contributed by atoms with E-state index in [9.17, 15) is 0 Å². The Morgan fingerprint density at radius 2 is 2.29 bits per heavy atom. The maximum absolute atomic E-state index is 4.37. The van der Waals surface area contributed by atoms with Gasteiger partial charge in [0.2, 0.25) is 0 Å². The highest BCUT2D eigenvalue weighted by Gasteiger charge is 2.16. The highest BCUT2D eigenvalue weighted by molar-refractivity contribution is 7.09. The van der Waals surface area contributed by atoms with E-state index in [1.165, 1.54) is 21.4 Å². The van der Waals surface area contributed by atoms with Crippen LogP contribution in [0.5, 0.6) is 0 Å². The lowest BCUT2D eigenvalue weighted by atomic mass is 9.99. The van der Waals surface area contributed by atoms with Crippen molar-refractivity contribution in [3.8, 4) is 0 Å².